The maximum atomic E-state index is 11.4. The monoisotopic (exact) mass is 243 g/mol. The lowest BCUT2D eigenvalue weighted by Gasteiger charge is -2.22. The van der Waals surface area contributed by atoms with Crippen molar-refractivity contribution in [3.63, 3.8) is 0 Å². The largest absolute Gasteiger partial charge is 0.469 e. The Morgan fingerprint density at radius 1 is 1.35 bits per heavy atom. The molecule has 0 unspecified atom stereocenters. The number of hydrogen-bond acceptors (Lipinski definition) is 4. The molecule has 0 aromatic carbocycles. The van der Waals surface area contributed by atoms with Crippen molar-refractivity contribution in [1.82, 2.24) is 5.32 Å². The number of methoxy groups -OCH3 is 1. The van der Waals surface area contributed by atoms with Gasteiger partial charge in [-0.05, 0) is 26.7 Å². The van der Waals surface area contributed by atoms with Gasteiger partial charge in [0.1, 0.15) is 0 Å². The maximum Gasteiger partial charge on any atom is 0.312 e. The minimum atomic E-state index is -0.470. The fraction of sp³-hybridized carbons (Fsp3) is 0.923. The Morgan fingerprint density at radius 3 is 2.59 bits per heavy atom. The van der Waals surface area contributed by atoms with Gasteiger partial charge in [-0.2, -0.15) is 0 Å². The molecule has 0 heterocycles. The summed E-state index contributed by atoms with van der Waals surface area (Å²) in [5, 5.41) is 3.24. The average Bonchev–Trinajstić information content (AvgIpc) is 2.80. The van der Waals surface area contributed by atoms with Gasteiger partial charge in [-0.3, -0.25) is 4.79 Å². The quantitative estimate of drug-likeness (QED) is 0.546. The zero-order valence-corrected chi connectivity index (χ0v) is 11.3. The molecule has 0 aromatic heterocycles. The van der Waals surface area contributed by atoms with Gasteiger partial charge < -0.3 is 14.8 Å². The number of carbonyl (C=O) groups excluding carboxylic acids is 1. The van der Waals surface area contributed by atoms with E-state index in [2.05, 4.69) is 5.32 Å². The second-order valence-electron chi connectivity index (χ2n) is 5.33. The lowest BCUT2D eigenvalue weighted by molar-refractivity contribution is -0.150. The Kier molecular flexibility index (Phi) is 5.92. The second-order valence-corrected chi connectivity index (χ2v) is 5.33. The third-order valence-electron chi connectivity index (χ3n) is 3.24. The Balaban J connectivity index is 2.04. The summed E-state index contributed by atoms with van der Waals surface area (Å²) in [6, 6.07) is 0. The second kappa shape index (κ2) is 6.97. The van der Waals surface area contributed by atoms with Gasteiger partial charge in [0.2, 0.25) is 0 Å². The SMILES string of the molecule is COC(=O)C(C)(C)CNCCOC1CCCC1. The van der Waals surface area contributed by atoms with Gasteiger partial charge in [-0.15, -0.1) is 0 Å². The highest BCUT2D eigenvalue weighted by Gasteiger charge is 2.27. The molecule has 1 saturated carbocycles. The van der Waals surface area contributed by atoms with Crippen LogP contribution in [-0.4, -0.2) is 38.9 Å². The summed E-state index contributed by atoms with van der Waals surface area (Å²) in [6.45, 7) is 5.89. The normalized spacial score (nSPS) is 17.4. The van der Waals surface area contributed by atoms with Crippen molar-refractivity contribution in [3.05, 3.63) is 0 Å². The van der Waals surface area contributed by atoms with Gasteiger partial charge in [0.25, 0.3) is 0 Å². The number of rotatable bonds is 7. The summed E-state index contributed by atoms with van der Waals surface area (Å²) in [4.78, 5) is 11.4. The van der Waals surface area contributed by atoms with Gasteiger partial charge >= 0.3 is 5.97 Å². The molecule has 1 rings (SSSR count). The van der Waals surface area contributed by atoms with Crippen LogP contribution in [0.3, 0.4) is 0 Å². The van der Waals surface area contributed by atoms with E-state index in [-0.39, 0.29) is 5.97 Å². The molecule has 100 valence electrons. The van der Waals surface area contributed by atoms with Crippen LogP contribution in [0.2, 0.25) is 0 Å². The maximum absolute atomic E-state index is 11.4. The minimum absolute atomic E-state index is 0.179. The standard InChI is InChI=1S/C13H25NO3/c1-13(2,12(15)16-3)10-14-8-9-17-11-6-4-5-7-11/h11,14H,4-10H2,1-3H3. The summed E-state index contributed by atoms with van der Waals surface area (Å²) >= 11 is 0. The molecule has 0 spiro atoms. The van der Waals surface area contributed by atoms with Crippen molar-refractivity contribution in [2.24, 2.45) is 5.41 Å². The highest BCUT2D eigenvalue weighted by atomic mass is 16.5. The van der Waals surface area contributed by atoms with Crippen molar-refractivity contribution in [3.8, 4) is 0 Å². The molecule has 0 aliphatic heterocycles. The Labute approximate surface area is 104 Å². The minimum Gasteiger partial charge on any atom is -0.469 e. The third kappa shape index (κ3) is 5.04. The molecule has 4 heteroatoms. The van der Waals surface area contributed by atoms with Gasteiger partial charge in [-0.1, -0.05) is 12.8 Å². The van der Waals surface area contributed by atoms with E-state index in [0.717, 1.165) is 13.2 Å². The van der Waals surface area contributed by atoms with Crippen molar-refractivity contribution in [2.75, 3.05) is 26.8 Å². The molecule has 0 saturated heterocycles. The van der Waals surface area contributed by atoms with Crippen molar-refractivity contribution >= 4 is 5.97 Å². The smallest absolute Gasteiger partial charge is 0.312 e. The van der Waals surface area contributed by atoms with Gasteiger partial charge in [0, 0.05) is 13.1 Å². The fourth-order valence-corrected chi connectivity index (χ4v) is 2.10. The molecule has 1 aliphatic rings. The molecule has 0 aromatic rings. The van der Waals surface area contributed by atoms with Gasteiger partial charge in [-0.25, -0.2) is 0 Å². The first-order valence-electron chi connectivity index (χ1n) is 6.47. The summed E-state index contributed by atoms with van der Waals surface area (Å²) in [5.74, 6) is -0.179. The zero-order valence-electron chi connectivity index (χ0n) is 11.3. The molecular formula is C13H25NO3. The number of hydrogen-bond donors (Lipinski definition) is 1. The fourth-order valence-electron chi connectivity index (χ4n) is 2.10. The number of nitrogens with one attached hydrogen (secondary N) is 1. The van der Waals surface area contributed by atoms with Crippen LogP contribution < -0.4 is 5.32 Å². The summed E-state index contributed by atoms with van der Waals surface area (Å²) in [6.07, 6.45) is 5.47. The molecule has 0 bridgehead atoms. The molecule has 0 atom stereocenters. The first-order chi connectivity index (χ1) is 8.06. The molecule has 17 heavy (non-hydrogen) atoms. The van der Waals surface area contributed by atoms with Crippen LogP contribution in [0.4, 0.5) is 0 Å². The highest BCUT2D eigenvalue weighted by molar-refractivity contribution is 5.76. The molecule has 0 amide bonds. The van der Waals surface area contributed by atoms with Crippen molar-refractivity contribution in [1.29, 1.82) is 0 Å². The van der Waals surface area contributed by atoms with E-state index in [1.165, 1.54) is 32.8 Å². The summed E-state index contributed by atoms with van der Waals surface area (Å²) in [7, 11) is 1.42. The number of esters is 1. The van der Waals surface area contributed by atoms with E-state index in [1.807, 2.05) is 13.8 Å². The lowest BCUT2D eigenvalue weighted by Crippen LogP contribution is -2.38. The van der Waals surface area contributed by atoms with E-state index in [0.29, 0.717) is 12.6 Å². The molecule has 1 fully saturated rings. The number of carbonyl (C=O) groups is 1. The van der Waals surface area contributed by atoms with Gasteiger partial charge in [0.05, 0.1) is 25.2 Å². The first-order valence-corrected chi connectivity index (χ1v) is 6.47. The predicted molar refractivity (Wildman–Crippen MR) is 66.9 cm³/mol. The molecule has 1 aliphatic carbocycles. The van der Waals surface area contributed by atoms with E-state index in [4.69, 9.17) is 9.47 Å². The third-order valence-corrected chi connectivity index (χ3v) is 3.24. The summed E-state index contributed by atoms with van der Waals surface area (Å²) < 4.78 is 10.5. The van der Waals surface area contributed by atoms with Crippen LogP contribution in [0, 0.1) is 5.41 Å². The molecule has 1 N–H and O–H groups in total. The van der Waals surface area contributed by atoms with Crippen molar-refractivity contribution in [2.45, 2.75) is 45.6 Å². The van der Waals surface area contributed by atoms with E-state index in [9.17, 15) is 4.79 Å². The molecule has 4 nitrogen and oxygen atoms in total. The first kappa shape index (κ1) is 14.5. The van der Waals surface area contributed by atoms with Crippen LogP contribution in [0.1, 0.15) is 39.5 Å². The average molecular weight is 243 g/mol. The van der Waals surface area contributed by atoms with Gasteiger partial charge in [0.15, 0.2) is 0 Å². The number of ether oxygens (including phenoxy) is 2. The van der Waals surface area contributed by atoms with E-state index in [1.54, 1.807) is 0 Å². The lowest BCUT2D eigenvalue weighted by atomic mass is 9.94. The highest BCUT2D eigenvalue weighted by Crippen LogP contribution is 2.20. The summed E-state index contributed by atoms with van der Waals surface area (Å²) in [5.41, 5.74) is -0.470. The Hall–Kier alpha value is -0.610. The van der Waals surface area contributed by atoms with Crippen molar-refractivity contribution < 1.29 is 14.3 Å². The zero-order chi connectivity index (χ0) is 12.7. The predicted octanol–water partition coefficient (Wildman–Crippen LogP) is 1.73. The molecular weight excluding hydrogens is 218 g/mol. The Morgan fingerprint density at radius 2 is 2.00 bits per heavy atom. The van der Waals surface area contributed by atoms with E-state index < -0.39 is 5.41 Å². The van der Waals surface area contributed by atoms with Crippen LogP contribution in [0.5, 0.6) is 0 Å². The Bertz CT molecular complexity index is 235. The van der Waals surface area contributed by atoms with Crippen LogP contribution >= 0.6 is 0 Å². The topological polar surface area (TPSA) is 47.6 Å². The van der Waals surface area contributed by atoms with Crippen LogP contribution in [0.25, 0.3) is 0 Å². The van der Waals surface area contributed by atoms with E-state index >= 15 is 0 Å². The molecule has 0 radical (unpaired) electrons. The van der Waals surface area contributed by atoms with Crippen LogP contribution in [-0.2, 0) is 14.3 Å². The van der Waals surface area contributed by atoms with Crippen LogP contribution in [0.15, 0.2) is 0 Å².